The summed E-state index contributed by atoms with van der Waals surface area (Å²) in [7, 11) is 1.44. The fraction of sp³-hybridized carbons (Fsp3) is 0.286. The van der Waals surface area contributed by atoms with Crippen LogP contribution in [0.3, 0.4) is 0 Å². The minimum atomic E-state index is -0.687. The second-order valence-corrected chi connectivity index (χ2v) is 6.37. The molecule has 27 heavy (non-hydrogen) atoms. The van der Waals surface area contributed by atoms with Crippen LogP contribution in [0.2, 0.25) is 0 Å². The number of fused-ring (bicyclic) bond motifs is 1. The van der Waals surface area contributed by atoms with Gasteiger partial charge in [-0.25, -0.2) is 0 Å². The minimum Gasteiger partial charge on any atom is -0.496 e. The summed E-state index contributed by atoms with van der Waals surface area (Å²) in [6.07, 6.45) is 3.36. The first kappa shape index (κ1) is 18.6. The highest BCUT2D eigenvalue weighted by Gasteiger charge is 2.17. The number of benzene rings is 2. The third kappa shape index (κ3) is 4.73. The van der Waals surface area contributed by atoms with Crippen LogP contribution in [-0.2, 0) is 33.6 Å². The zero-order valence-electron chi connectivity index (χ0n) is 15.1. The molecule has 0 heterocycles. The zero-order chi connectivity index (χ0) is 19.2. The number of hydrogen-bond donors (Lipinski definition) is 1. The van der Waals surface area contributed by atoms with Crippen molar-refractivity contribution >= 4 is 17.8 Å². The average molecular weight is 367 g/mol. The second kappa shape index (κ2) is 8.49. The van der Waals surface area contributed by atoms with Gasteiger partial charge in [-0.2, -0.15) is 0 Å². The number of para-hydroxylation sites is 1. The Morgan fingerprint density at radius 2 is 1.81 bits per heavy atom. The van der Waals surface area contributed by atoms with Gasteiger partial charge in [-0.15, -0.1) is 0 Å². The molecule has 3 rings (SSSR count). The average Bonchev–Trinajstić information content (AvgIpc) is 3.14. The number of hydrogen-bond acceptors (Lipinski definition) is 5. The monoisotopic (exact) mass is 367 g/mol. The van der Waals surface area contributed by atoms with Crippen LogP contribution in [0.5, 0.6) is 5.75 Å². The Kier molecular flexibility index (Phi) is 5.86. The molecule has 1 N–H and O–H groups in total. The summed E-state index contributed by atoms with van der Waals surface area (Å²) < 4.78 is 10.1. The number of carbonyl (C=O) groups is 3. The van der Waals surface area contributed by atoms with Crippen LogP contribution in [0, 0.1) is 0 Å². The standard InChI is InChI=1S/C21H21NO5/c1-26-18-8-3-2-7-17(18)21(25)22-19(23)13-27-20(24)12-14-9-10-15-5-4-6-16(15)11-14/h2-3,7-11H,4-6,12-13H2,1H3,(H,22,23,25). The molecule has 0 unspecified atom stereocenters. The zero-order valence-corrected chi connectivity index (χ0v) is 15.1. The first-order valence-electron chi connectivity index (χ1n) is 8.80. The summed E-state index contributed by atoms with van der Waals surface area (Å²) in [4.78, 5) is 36.0. The molecule has 0 aliphatic heterocycles. The largest absolute Gasteiger partial charge is 0.496 e. The highest BCUT2D eigenvalue weighted by Crippen LogP contribution is 2.23. The molecular weight excluding hydrogens is 346 g/mol. The molecule has 0 fully saturated rings. The number of esters is 1. The van der Waals surface area contributed by atoms with Crippen LogP contribution in [0.15, 0.2) is 42.5 Å². The van der Waals surface area contributed by atoms with Crippen molar-refractivity contribution in [1.82, 2.24) is 5.32 Å². The van der Waals surface area contributed by atoms with E-state index in [0.717, 1.165) is 24.8 Å². The highest BCUT2D eigenvalue weighted by molar-refractivity contribution is 6.06. The van der Waals surface area contributed by atoms with Crippen molar-refractivity contribution in [2.45, 2.75) is 25.7 Å². The van der Waals surface area contributed by atoms with Crippen LogP contribution < -0.4 is 10.1 Å². The smallest absolute Gasteiger partial charge is 0.310 e. The number of imide groups is 1. The third-order valence-electron chi connectivity index (χ3n) is 4.48. The quantitative estimate of drug-likeness (QED) is 0.792. The molecule has 6 nitrogen and oxygen atoms in total. The first-order chi connectivity index (χ1) is 13.1. The molecule has 1 aliphatic rings. The molecule has 0 atom stereocenters. The van der Waals surface area contributed by atoms with E-state index < -0.39 is 24.4 Å². The Morgan fingerprint density at radius 1 is 1.04 bits per heavy atom. The van der Waals surface area contributed by atoms with E-state index in [4.69, 9.17) is 9.47 Å². The Morgan fingerprint density at radius 3 is 2.63 bits per heavy atom. The van der Waals surface area contributed by atoms with Gasteiger partial charge in [-0.05, 0) is 48.1 Å². The van der Waals surface area contributed by atoms with Crippen LogP contribution in [0.25, 0.3) is 0 Å². The first-order valence-corrected chi connectivity index (χ1v) is 8.80. The maximum Gasteiger partial charge on any atom is 0.310 e. The summed E-state index contributed by atoms with van der Waals surface area (Å²) in [5, 5.41) is 2.19. The van der Waals surface area contributed by atoms with Gasteiger partial charge in [0, 0.05) is 0 Å². The topological polar surface area (TPSA) is 81.7 Å². The highest BCUT2D eigenvalue weighted by atomic mass is 16.5. The number of nitrogens with one attached hydrogen (secondary N) is 1. The van der Waals surface area contributed by atoms with Crippen molar-refractivity contribution in [3.63, 3.8) is 0 Å². The normalized spacial score (nSPS) is 12.2. The summed E-state index contributed by atoms with van der Waals surface area (Å²) in [6.45, 7) is -0.509. The Hall–Kier alpha value is -3.15. The number of ether oxygens (including phenoxy) is 2. The van der Waals surface area contributed by atoms with Crippen molar-refractivity contribution in [1.29, 1.82) is 0 Å². The van der Waals surface area contributed by atoms with E-state index in [1.807, 2.05) is 18.2 Å². The number of carbonyl (C=O) groups excluding carboxylic acids is 3. The SMILES string of the molecule is COc1ccccc1C(=O)NC(=O)COC(=O)Cc1ccc2c(c1)CCC2. The lowest BCUT2D eigenvalue weighted by molar-refractivity contribution is -0.147. The lowest BCUT2D eigenvalue weighted by Crippen LogP contribution is -2.34. The maximum atomic E-state index is 12.1. The van der Waals surface area contributed by atoms with Crippen LogP contribution in [0.4, 0.5) is 0 Å². The summed E-state index contributed by atoms with van der Waals surface area (Å²) in [5.41, 5.74) is 3.71. The van der Waals surface area contributed by atoms with Crippen molar-refractivity contribution in [2.24, 2.45) is 0 Å². The van der Waals surface area contributed by atoms with Gasteiger partial charge in [0.2, 0.25) is 0 Å². The molecule has 0 radical (unpaired) electrons. The van der Waals surface area contributed by atoms with Crippen LogP contribution in [-0.4, -0.2) is 31.5 Å². The summed E-state index contributed by atoms with van der Waals surface area (Å²) in [5.74, 6) is -1.44. The second-order valence-electron chi connectivity index (χ2n) is 6.37. The van der Waals surface area contributed by atoms with Gasteiger partial charge in [-0.3, -0.25) is 19.7 Å². The van der Waals surface area contributed by atoms with Crippen LogP contribution in [0.1, 0.15) is 33.5 Å². The third-order valence-corrected chi connectivity index (χ3v) is 4.48. The van der Waals surface area contributed by atoms with Crippen molar-refractivity contribution in [3.8, 4) is 5.75 Å². The maximum absolute atomic E-state index is 12.1. The van der Waals surface area contributed by atoms with Crippen LogP contribution >= 0.6 is 0 Å². The molecule has 0 spiro atoms. The Labute approximate surface area is 157 Å². The number of amides is 2. The molecular formula is C21H21NO5. The van der Waals surface area contributed by atoms with E-state index in [9.17, 15) is 14.4 Å². The molecule has 0 aromatic heterocycles. The predicted molar refractivity (Wildman–Crippen MR) is 98.6 cm³/mol. The summed E-state index contributed by atoms with van der Waals surface area (Å²) in [6, 6.07) is 12.5. The molecule has 0 saturated carbocycles. The van der Waals surface area contributed by atoms with Crippen molar-refractivity contribution < 1.29 is 23.9 Å². The van der Waals surface area contributed by atoms with Gasteiger partial charge in [0.05, 0.1) is 19.1 Å². The predicted octanol–water partition coefficient (Wildman–Crippen LogP) is 2.23. The Bertz CT molecular complexity index is 875. The fourth-order valence-electron chi connectivity index (χ4n) is 3.16. The van der Waals surface area contributed by atoms with E-state index in [-0.39, 0.29) is 12.0 Å². The molecule has 2 aromatic carbocycles. The van der Waals surface area contributed by atoms with Gasteiger partial charge >= 0.3 is 5.97 Å². The van der Waals surface area contributed by atoms with Gasteiger partial charge in [-0.1, -0.05) is 30.3 Å². The molecule has 6 heteroatoms. The van der Waals surface area contributed by atoms with E-state index in [0.29, 0.717) is 5.75 Å². The lowest BCUT2D eigenvalue weighted by atomic mass is 10.0. The van der Waals surface area contributed by atoms with Gasteiger partial charge in [0.25, 0.3) is 11.8 Å². The minimum absolute atomic E-state index is 0.0982. The molecule has 0 bridgehead atoms. The van der Waals surface area contributed by atoms with Crippen molar-refractivity contribution in [3.05, 3.63) is 64.7 Å². The number of aryl methyl sites for hydroxylation is 2. The molecule has 1 aliphatic carbocycles. The van der Waals surface area contributed by atoms with Gasteiger partial charge in [0.15, 0.2) is 6.61 Å². The number of methoxy groups -OCH3 is 1. The number of rotatable bonds is 6. The molecule has 140 valence electrons. The molecule has 2 aromatic rings. The fourth-order valence-corrected chi connectivity index (χ4v) is 3.16. The van der Waals surface area contributed by atoms with E-state index >= 15 is 0 Å². The Balaban J connectivity index is 1.48. The van der Waals surface area contributed by atoms with Crippen molar-refractivity contribution in [2.75, 3.05) is 13.7 Å². The lowest BCUT2D eigenvalue weighted by Gasteiger charge is -2.09. The summed E-state index contributed by atoms with van der Waals surface area (Å²) >= 11 is 0. The molecule has 2 amide bonds. The van der Waals surface area contributed by atoms with Gasteiger partial charge < -0.3 is 9.47 Å². The van der Waals surface area contributed by atoms with E-state index in [2.05, 4.69) is 5.32 Å². The van der Waals surface area contributed by atoms with E-state index in [1.165, 1.54) is 18.2 Å². The van der Waals surface area contributed by atoms with E-state index in [1.54, 1.807) is 24.3 Å². The molecule has 0 saturated heterocycles. The van der Waals surface area contributed by atoms with Gasteiger partial charge in [0.1, 0.15) is 5.75 Å².